The van der Waals surface area contributed by atoms with Gasteiger partial charge in [-0.05, 0) is 49.1 Å². The molecular formula is C13H21NS. The van der Waals surface area contributed by atoms with E-state index in [0.29, 0.717) is 6.04 Å². The van der Waals surface area contributed by atoms with Gasteiger partial charge in [0.25, 0.3) is 0 Å². The second-order valence-corrected chi connectivity index (χ2v) is 5.68. The molecule has 0 aliphatic heterocycles. The molecule has 0 aromatic carbocycles. The van der Waals surface area contributed by atoms with E-state index in [0.717, 1.165) is 11.8 Å². The van der Waals surface area contributed by atoms with Crippen LogP contribution in [0.3, 0.4) is 0 Å². The summed E-state index contributed by atoms with van der Waals surface area (Å²) in [5.41, 5.74) is 0. The Hall–Kier alpha value is -0.340. The van der Waals surface area contributed by atoms with E-state index < -0.39 is 0 Å². The summed E-state index contributed by atoms with van der Waals surface area (Å²) in [4.78, 5) is 1.49. The first-order chi connectivity index (χ1) is 7.31. The van der Waals surface area contributed by atoms with E-state index in [9.17, 15) is 0 Å². The van der Waals surface area contributed by atoms with Gasteiger partial charge in [0.15, 0.2) is 0 Å². The number of hydrogen-bond donors (Lipinski definition) is 1. The predicted molar refractivity (Wildman–Crippen MR) is 67.2 cm³/mol. The van der Waals surface area contributed by atoms with Gasteiger partial charge in [-0.25, -0.2) is 0 Å². The van der Waals surface area contributed by atoms with Crippen LogP contribution in [0.1, 0.15) is 44.0 Å². The van der Waals surface area contributed by atoms with Crippen molar-refractivity contribution in [3.8, 4) is 0 Å². The lowest BCUT2D eigenvalue weighted by molar-refractivity contribution is 0.417. The molecule has 1 saturated carbocycles. The van der Waals surface area contributed by atoms with Crippen molar-refractivity contribution in [3.63, 3.8) is 0 Å². The maximum absolute atomic E-state index is 3.70. The molecule has 1 aromatic heterocycles. The number of thiophene rings is 1. The lowest BCUT2D eigenvalue weighted by Gasteiger charge is -2.18. The predicted octanol–water partition coefficient (Wildman–Crippen LogP) is 3.83. The van der Waals surface area contributed by atoms with Crippen molar-refractivity contribution >= 4 is 11.3 Å². The van der Waals surface area contributed by atoms with Gasteiger partial charge in [-0.3, -0.25) is 0 Å². The smallest absolute Gasteiger partial charge is 0.0412 e. The lowest BCUT2D eigenvalue weighted by atomic mass is 10.1. The van der Waals surface area contributed by atoms with Gasteiger partial charge in [-0.2, -0.15) is 0 Å². The van der Waals surface area contributed by atoms with Gasteiger partial charge in [0, 0.05) is 10.9 Å². The van der Waals surface area contributed by atoms with Crippen LogP contribution in [0.15, 0.2) is 17.5 Å². The Labute approximate surface area is 96.9 Å². The second kappa shape index (κ2) is 5.13. The van der Waals surface area contributed by atoms with Crippen molar-refractivity contribution in [1.29, 1.82) is 0 Å². The van der Waals surface area contributed by atoms with Crippen LogP contribution in [-0.4, -0.2) is 6.54 Å². The standard InChI is InChI=1S/C13H21NS/c1-3-12(13-5-4-8-15-13)14-9-10(2)11-6-7-11/h4-5,8,10-12,14H,3,6-7,9H2,1-2H3. The van der Waals surface area contributed by atoms with Gasteiger partial charge in [-0.15, -0.1) is 11.3 Å². The van der Waals surface area contributed by atoms with Crippen LogP contribution in [0.5, 0.6) is 0 Å². The highest BCUT2D eigenvalue weighted by Gasteiger charge is 2.27. The molecule has 0 radical (unpaired) electrons. The molecule has 15 heavy (non-hydrogen) atoms. The molecule has 0 saturated heterocycles. The minimum atomic E-state index is 0.575. The SMILES string of the molecule is CCC(NCC(C)C1CC1)c1cccs1. The molecule has 0 bridgehead atoms. The van der Waals surface area contributed by atoms with Crippen molar-refractivity contribution in [2.24, 2.45) is 11.8 Å². The molecule has 2 atom stereocenters. The Kier molecular flexibility index (Phi) is 3.81. The molecule has 1 heterocycles. The molecule has 1 aliphatic rings. The maximum atomic E-state index is 3.70. The zero-order valence-corrected chi connectivity index (χ0v) is 10.5. The summed E-state index contributed by atoms with van der Waals surface area (Å²) in [6.07, 6.45) is 4.11. The van der Waals surface area contributed by atoms with Crippen molar-refractivity contribution in [1.82, 2.24) is 5.32 Å². The van der Waals surface area contributed by atoms with Crippen LogP contribution in [0.2, 0.25) is 0 Å². The molecule has 1 nitrogen and oxygen atoms in total. The van der Waals surface area contributed by atoms with Gasteiger partial charge >= 0.3 is 0 Å². The fourth-order valence-corrected chi connectivity index (χ4v) is 2.98. The molecule has 2 heteroatoms. The zero-order valence-electron chi connectivity index (χ0n) is 9.70. The van der Waals surface area contributed by atoms with E-state index in [1.54, 1.807) is 0 Å². The third kappa shape index (κ3) is 3.05. The Morgan fingerprint density at radius 3 is 2.87 bits per heavy atom. The number of rotatable bonds is 6. The first-order valence-electron chi connectivity index (χ1n) is 6.08. The van der Waals surface area contributed by atoms with Crippen molar-refractivity contribution in [3.05, 3.63) is 22.4 Å². The largest absolute Gasteiger partial charge is 0.309 e. The van der Waals surface area contributed by atoms with Crippen molar-refractivity contribution < 1.29 is 0 Å². The minimum absolute atomic E-state index is 0.575. The van der Waals surface area contributed by atoms with Crippen LogP contribution in [0.25, 0.3) is 0 Å². The Balaban J connectivity index is 1.80. The van der Waals surface area contributed by atoms with E-state index in [1.165, 1.54) is 30.7 Å². The van der Waals surface area contributed by atoms with E-state index in [-0.39, 0.29) is 0 Å². The molecule has 1 aliphatic carbocycles. The quantitative estimate of drug-likeness (QED) is 0.772. The molecule has 1 fully saturated rings. The van der Waals surface area contributed by atoms with Gasteiger partial charge in [0.05, 0.1) is 0 Å². The van der Waals surface area contributed by atoms with Crippen LogP contribution in [0, 0.1) is 11.8 Å². The molecule has 2 unspecified atom stereocenters. The summed E-state index contributed by atoms with van der Waals surface area (Å²) in [7, 11) is 0. The average molecular weight is 223 g/mol. The second-order valence-electron chi connectivity index (χ2n) is 4.70. The molecule has 0 spiro atoms. The monoisotopic (exact) mass is 223 g/mol. The summed E-state index contributed by atoms with van der Waals surface area (Å²) in [5, 5.41) is 5.87. The lowest BCUT2D eigenvalue weighted by Crippen LogP contribution is -2.26. The summed E-state index contributed by atoms with van der Waals surface area (Å²) >= 11 is 1.87. The van der Waals surface area contributed by atoms with Crippen molar-refractivity contribution in [2.75, 3.05) is 6.54 Å². The van der Waals surface area contributed by atoms with Gasteiger partial charge in [0.2, 0.25) is 0 Å². The molecular weight excluding hydrogens is 202 g/mol. The fraction of sp³-hybridized carbons (Fsp3) is 0.692. The highest BCUT2D eigenvalue weighted by molar-refractivity contribution is 7.10. The Morgan fingerprint density at radius 2 is 2.33 bits per heavy atom. The molecule has 1 N–H and O–H groups in total. The Morgan fingerprint density at radius 1 is 1.53 bits per heavy atom. The first kappa shape index (κ1) is 11.2. The summed E-state index contributed by atoms with van der Waals surface area (Å²) < 4.78 is 0. The van der Waals surface area contributed by atoms with Gasteiger partial charge in [-0.1, -0.05) is 19.9 Å². The summed E-state index contributed by atoms with van der Waals surface area (Å²) in [5.74, 6) is 1.87. The highest BCUT2D eigenvalue weighted by atomic mass is 32.1. The van der Waals surface area contributed by atoms with Gasteiger partial charge in [0.1, 0.15) is 0 Å². The molecule has 2 rings (SSSR count). The molecule has 1 aromatic rings. The first-order valence-corrected chi connectivity index (χ1v) is 6.96. The van der Waals surface area contributed by atoms with Crippen LogP contribution in [0.4, 0.5) is 0 Å². The van der Waals surface area contributed by atoms with Crippen molar-refractivity contribution in [2.45, 2.75) is 39.2 Å². The number of hydrogen-bond acceptors (Lipinski definition) is 2. The topological polar surface area (TPSA) is 12.0 Å². The third-order valence-corrected chi connectivity index (χ3v) is 4.39. The molecule has 84 valence electrons. The normalized spacial score (nSPS) is 20.1. The summed E-state index contributed by atoms with van der Waals surface area (Å²) in [6.45, 7) is 5.83. The van der Waals surface area contributed by atoms with E-state index in [1.807, 2.05) is 11.3 Å². The third-order valence-electron chi connectivity index (χ3n) is 3.41. The maximum Gasteiger partial charge on any atom is 0.0412 e. The summed E-state index contributed by atoms with van der Waals surface area (Å²) in [6, 6.07) is 4.97. The average Bonchev–Trinajstić information content (AvgIpc) is 2.97. The minimum Gasteiger partial charge on any atom is -0.309 e. The zero-order chi connectivity index (χ0) is 10.7. The molecule has 0 amide bonds. The van der Waals surface area contributed by atoms with E-state index in [4.69, 9.17) is 0 Å². The highest BCUT2D eigenvalue weighted by Crippen LogP contribution is 2.36. The van der Waals surface area contributed by atoms with E-state index >= 15 is 0 Å². The van der Waals surface area contributed by atoms with Crippen LogP contribution >= 0.6 is 11.3 Å². The Bertz CT molecular complexity index is 277. The van der Waals surface area contributed by atoms with Gasteiger partial charge < -0.3 is 5.32 Å². The fourth-order valence-electron chi connectivity index (χ4n) is 2.10. The van der Waals surface area contributed by atoms with E-state index in [2.05, 4.69) is 36.7 Å². The van der Waals surface area contributed by atoms with Crippen LogP contribution < -0.4 is 5.32 Å². The van der Waals surface area contributed by atoms with Crippen LogP contribution in [-0.2, 0) is 0 Å². The number of nitrogens with one attached hydrogen (secondary N) is 1.